The van der Waals surface area contributed by atoms with Gasteiger partial charge in [-0.25, -0.2) is 0 Å². The van der Waals surface area contributed by atoms with Crippen molar-refractivity contribution in [3.8, 4) is 0 Å². The molecule has 1 rings (SSSR count). The van der Waals surface area contributed by atoms with Gasteiger partial charge in [0.05, 0.1) is 17.8 Å². The van der Waals surface area contributed by atoms with Gasteiger partial charge in [0.25, 0.3) is 0 Å². The first-order valence-corrected chi connectivity index (χ1v) is 10.5. The predicted molar refractivity (Wildman–Crippen MR) is 112 cm³/mol. The number of rotatable bonds is 14. The molecule has 0 aromatic heterocycles. The number of ketones is 1. The van der Waals surface area contributed by atoms with Crippen LogP contribution < -0.4 is 0 Å². The topological polar surface area (TPSA) is 98.0 Å². The molecule has 0 amide bonds. The molecule has 0 heterocycles. The fraction of sp³-hybridized carbons (Fsp3) is 0.696. The van der Waals surface area contributed by atoms with E-state index in [1.54, 1.807) is 6.08 Å². The van der Waals surface area contributed by atoms with Crippen molar-refractivity contribution in [2.24, 2.45) is 11.8 Å². The number of hydrogen-bond donors (Lipinski definition) is 4. The highest BCUT2D eigenvalue weighted by Crippen LogP contribution is 2.36. The van der Waals surface area contributed by atoms with Crippen LogP contribution in [-0.2, 0) is 4.79 Å². The molecule has 0 aliphatic heterocycles. The quantitative estimate of drug-likeness (QED) is 0.268. The highest BCUT2D eigenvalue weighted by Gasteiger charge is 2.39. The van der Waals surface area contributed by atoms with Crippen LogP contribution in [0.3, 0.4) is 0 Å². The fourth-order valence-corrected chi connectivity index (χ4v) is 3.77. The molecule has 4 N–H and O–H groups in total. The zero-order valence-corrected chi connectivity index (χ0v) is 17.2. The summed E-state index contributed by atoms with van der Waals surface area (Å²) in [5.74, 6) is -0.351. The van der Waals surface area contributed by atoms with Crippen molar-refractivity contribution in [3.63, 3.8) is 0 Å². The first kappa shape index (κ1) is 24.8. The van der Waals surface area contributed by atoms with Crippen LogP contribution in [0.4, 0.5) is 0 Å². The van der Waals surface area contributed by atoms with Crippen molar-refractivity contribution in [1.82, 2.24) is 0 Å². The number of hydrogen-bond acceptors (Lipinski definition) is 5. The molecule has 0 saturated heterocycles. The Morgan fingerprint density at radius 3 is 2.57 bits per heavy atom. The van der Waals surface area contributed by atoms with E-state index in [1.165, 1.54) is 0 Å². The summed E-state index contributed by atoms with van der Waals surface area (Å²) in [6.07, 6.45) is 14.2. The van der Waals surface area contributed by atoms with Crippen molar-refractivity contribution < 1.29 is 25.2 Å². The highest BCUT2D eigenvalue weighted by atomic mass is 16.3. The predicted octanol–water partition coefficient (Wildman–Crippen LogP) is 3.08. The Hall–Kier alpha value is -1.27. The number of carbonyl (C=O) groups excluding carboxylic acids is 1. The zero-order valence-electron chi connectivity index (χ0n) is 17.2. The molecule has 0 bridgehead atoms. The van der Waals surface area contributed by atoms with Gasteiger partial charge in [0.2, 0.25) is 0 Å². The molecule has 1 aliphatic carbocycles. The SMILES string of the molecule is C=CC(O)(C/C=C/[C@@H]1[C@@H](C/C=C\CCCC(=O)CO)[C@H](O)C[C@H]1O)CCCC. The molecule has 0 aromatic carbocycles. The summed E-state index contributed by atoms with van der Waals surface area (Å²) in [7, 11) is 0. The van der Waals surface area contributed by atoms with E-state index in [0.717, 1.165) is 19.3 Å². The summed E-state index contributed by atoms with van der Waals surface area (Å²) in [6, 6.07) is 0. The van der Waals surface area contributed by atoms with Gasteiger partial charge in [-0.3, -0.25) is 4.79 Å². The van der Waals surface area contributed by atoms with Crippen LogP contribution >= 0.6 is 0 Å². The van der Waals surface area contributed by atoms with E-state index in [-0.39, 0.29) is 17.6 Å². The second-order valence-electron chi connectivity index (χ2n) is 7.95. The fourth-order valence-electron chi connectivity index (χ4n) is 3.77. The lowest BCUT2D eigenvalue weighted by molar-refractivity contribution is -0.121. The van der Waals surface area contributed by atoms with Gasteiger partial charge in [0.1, 0.15) is 6.61 Å². The molecule has 1 unspecified atom stereocenters. The minimum Gasteiger partial charge on any atom is -0.393 e. The third kappa shape index (κ3) is 8.39. The molecule has 0 spiro atoms. The molecular formula is C23H38O5. The van der Waals surface area contributed by atoms with Crippen molar-refractivity contribution in [1.29, 1.82) is 0 Å². The van der Waals surface area contributed by atoms with Gasteiger partial charge in [-0.05, 0) is 38.0 Å². The smallest absolute Gasteiger partial charge is 0.158 e. The van der Waals surface area contributed by atoms with Crippen molar-refractivity contribution in [3.05, 3.63) is 37.0 Å². The maximum Gasteiger partial charge on any atom is 0.158 e. The number of aliphatic hydroxyl groups is 4. The lowest BCUT2D eigenvalue weighted by Gasteiger charge is -2.23. The summed E-state index contributed by atoms with van der Waals surface area (Å²) in [4.78, 5) is 11.1. The Bertz CT molecular complexity index is 527. The van der Waals surface area contributed by atoms with E-state index in [0.29, 0.717) is 38.5 Å². The summed E-state index contributed by atoms with van der Waals surface area (Å²) in [6.45, 7) is 5.42. The van der Waals surface area contributed by atoms with Gasteiger partial charge in [0, 0.05) is 18.8 Å². The second-order valence-corrected chi connectivity index (χ2v) is 7.95. The lowest BCUT2D eigenvalue weighted by Crippen LogP contribution is -2.25. The van der Waals surface area contributed by atoms with E-state index in [4.69, 9.17) is 5.11 Å². The maximum absolute atomic E-state index is 11.1. The third-order valence-corrected chi connectivity index (χ3v) is 5.67. The molecular weight excluding hydrogens is 356 g/mol. The van der Waals surface area contributed by atoms with Crippen LogP contribution in [0, 0.1) is 11.8 Å². The van der Waals surface area contributed by atoms with E-state index in [2.05, 4.69) is 13.5 Å². The normalized spacial score (nSPS) is 27.5. The van der Waals surface area contributed by atoms with Gasteiger partial charge in [-0.2, -0.15) is 0 Å². The molecule has 0 aromatic rings. The molecule has 0 radical (unpaired) electrons. The molecule has 1 aliphatic rings. The standard InChI is InChI=1S/C23H38O5/c1-3-5-14-23(28,4-2)15-10-13-20-19(21(26)16-22(20)27)12-9-7-6-8-11-18(25)17-24/h4,7,9-10,13,19-22,24,26-28H,2-3,5-6,8,11-12,14-17H2,1H3/b9-7-,13-10+/t19-,20-,21-,22-,23?/m1/s1. The number of aliphatic hydroxyl groups excluding tert-OH is 3. The summed E-state index contributed by atoms with van der Waals surface area (Å²) in [5, 5.41) is 39.9. The molecule has 1 saturated carbocycles. The van der Waals surface area contributed by atoms with Crippen LogP contribution in [-0.4, -0.2) is 50.6 Å². The number of Topliss-reactive ketones (excluding diaryl/α,β-unsaturated/α-hetero) is 1. The Morgan fingerprint density at radius 2 is 1.93 bits per heavy atom. The number of unbranched alkanes of at least 4 members (excludes halogenated alkanes) is 2. The van der Waals surface area contributed by atoms with Crippen LogP contribution in [0.15, 0.2) is 37.0 Å². The Balaban J connectivity index is 2.56. The average Bonchev–Trinajstić information content (AvgIpc) is 2.95. The highest BCUT2D eigenvalue weighted by molar-refractivity contribution is 5.79. The monoisotopic (exact) mass is 394 g/mol. The van der Waals surface area contributed by atoms with Gasteiger partial charge < -0.3 is 20.4 Å². The molecule has 1 fully saturated rings. The van der Waals surface area contributed by atoms with Crippen LogP contribution in [0.2, 0.25) is 0 Å². The Kier molecular flexibility index (Phi) is 11.5. The van der Waals surface area contributed by atoms with Crippen LogP contribution in [0.25, 0.3) is 0 Å². The largest absolute Gasteiger partial charge is 0.393 e. The first-order valence-electron chi connectivity index (χ1n) is 10.5. The minimum atomic E-state index is -0.921. The van der Waals surface area contributed by atoms with E-state index >= 15 is 0 Å². The molecule has 28 heavy (non-hydrogen) atoms. The maximum atomic E-state index is 11.1. The average molecular weight is 395 g/mol. The van der Waals surface area contributed by atoms with Gasteiger partial charge in [-0.1, -0.05) is 50.1 Å². The summed E-state index contributed by atoms with van der Waals surface area (Å²) >= 11 is 0. The Morgan fingerprint density at radius 1 is 1.18 bits per heavy atom. The molecule has 5 nitrogen and oxygen atoms in total. The second kappa shape index (κ2) is 13.0. The third-order valence-electron chi connectivity index (χ3n) is 5.67. The van der Waals surface area contributed by atoms with Crippen LogP contribution in [0.1, 0.15) is 64.7 Å². The van der Waals surface area contributed by atoms with Crippen molar-refractivity contribution >= 4 is 5.78 Å². The van der Waals surface area contributed by atoms with Crippen LogP contribution in [0.5, 0.6) is 0 Å². The molecule has 5 heteroatoms. The summed E-state index contributed by atoms with van der Waals surface area (Å²) in [5.41, 5.74) is -0.921. The van der Waals surface area contributed by atoms with Gasteiger partial charge in [-0.15, -0.1) is 6.58 Å². The molecule has 160 valence electrons. The Labute approximate surface area is 169 Å². The molecule has 5 atom stereocenters. The number of allylic oxidation sites excluding steroid dienone is 2. The van der Waals surface area contributed by atoms with Gasteiger partial charge >= 0.3 is 0 Å². The summed E-state index contributed by atoms with van der Waals surface area (Å²) < 4.78 is 0. The van der Waals surface area contributed by atoms with E-state index < -0.39 is 24.4 Å². The zero-order chi connectivity index (χ0) is 21.0. The minimum absolute atomic E-state index is 0.0611. The lowest BCUT2D eigenvalue weighted by atomic mass is 9.88. The first-order chi connectivity index (χ1) is 13.4. The van der Waals surface area contributed by atoms with Crippen molar-refractivity contribution in [2.75, 3.05) is 6.61 Å². The van der Waals surface area contributed by atoms with Crippen molar-refractivity contribution in [2.45, 2.75) is 82.5 Å². The number of carbonyl (C=O) groups is 1. The van der Waals surface area contributed by atoms with E-state index in [1.807, 2.05) is 24.3 Å². The van der Waals surface area contributed by atoms with Gasteiger partial charge in [0.15, 0.2) is 5.78 Å². The van der Waals surface area contributed by atoms with E-state index in [9.17, 15) is 20.1 Å².